The molecule has 5 nitrogen and oxygen atoms in total. The topological polar surface area (TPSA) is 78.4 Å². The smallest absolute Gasteiger partial charge is 0.315 e. The summed E-state index contributed by atoms with van der Waals surface area (Å²) in [5.74, 6) is -1.14. The van der Waals surface area contributed by atoms with Gasteiger partial charge in [-0.2, -0.15) is 0 Å². The summed E-state index contributed by atoms with van der Waals surface area (Å²) in [6, 6.07) is 1.57. The molecule has 0 aliphatic carbocycles. The maximum atomic E-state index is 11.6. The van der Waals surface area contributed by atoms with Crippen molar-refractivity contribution < 1.29 is 14.7 Å². The molecule has 0 saturated heterocycles. The van der Waals surface area contributed by atoms with Crippen molar-refractivity contribution in [2.75, 3.05) is 6.54 Å². The molecule has 112 valence electrons. The van der Waals surface area contributed by atoms with Crippen LogP contribution in [0.5, 0.6) is 0 Å². The second kappa shape index (κ2) is 8.26. The fourth-order valence-electron chi connectivity index (χ4n) is 1.73. The van der Waals surface area contributed by atoms with E-state index < -0.39 is 11.9 Å². The number of urea groups is 1. The lowest BCUT2D eigenvalue weighted by Gasteiger charge is -2.15. The van der Waals surface area contributed by atoms with Gasteiger partial charge in [-0.1, -0.05) is 13.8 Å². The Bertz CT molecular complexity index is 462. The van der Waals surface area contributed by atoms with Gasteiger partial charge >= 0.3 is 12.0 Å². The van der Waals surface area contributed by atoms with Crippen LogP contribution in [0.4, 0.5) is 4.79 Å². The van der Waals surface area contributed by atoms with E-state index in [0.717, 1.165) is 9.35 Å². The summed E-state index contributed by atoms with van der Waals surface area (Å²) in [5, 5.41) is 16.3. The maximum Gasteiger partial charge on any atom is 0.315 e. The summed E-state index contributed by atoms with van der Waals surface area (Å²) in [7, 11) is 0. The van der Waals surface area contributed by atoms with E-state index in [4.69, 9.17) is 5.11 Å². The van der Waals surface area contributed by atoms with E-state index in [1.54, 1.807) is 11.3 Å². The van der Waals surface area contributed by atoms with Gasteiger partial charge in [-0.15, -0.1) is 11.3 Å². The molecule has 1 atom stereocenters. The van der Waals surface area contributed by atoms with Crippen LogP contribution in [-0.4, -0.2) is 23.7 Å². The number of hydrogen-bond acceptors (Lipinski definition) is 3. The first-order valence-electron chi connectivity index (χ1n) is 6.36. The lowest BCUT2D eigenvalue weighted by molar-refractivity contribution is -0.142. The van der Waals surface area contributed by atoms with Gasteiger partial charge in [0.1, 0.15) is 0 Å². The zero-order valence-corrected chi connectivity index (χ0v) is 13.9. The molecule has 1 unspecified atom stereocenters. The van der Waals surface area contributed by atoms with Crippen LogP contribution in [0.1, 0.15) is 25.1 Å². The van der Waals surface area contributed by atoms with Crippen LogP contribution in [0, 0.1) is 11.8 Å². The summed E-state index contributed by atoms with van der Waals surface area (Å²) in [6.45, 7) is 4.49. The average molecular weight is 363 g/mol. The lowest BCUT2D eigenvalue weighted by atomic mass is 9.97. The van der Waals surface area contributed by atoms with Crippen LogP contribution >= 0.6 is 27.3 Å². The second-order valence-electron chi connectivity index (χ2n) is 4.92. The van der Waals surface area contributed by atoms with Gasteiger partial charge in [-0.05, 0) is 39.7 Å². The van der Waals surface area contributed by atoms with Gasteiger partial charge in [0.05, 0.1) is 12.5 Å². The molecule has 1 rings (SSSR count). The molecule has 3 N–H and O–H groups in total. The third kappa shape index (κ3) is 5.92. The van der Waals surface area contributed by atoms with Crippen molar-refractivity contribution in [1.29, 1.82) is 0 Å². The van der Waals surface area contributed by atoms with E-state index in [9.17, 15) is 9.59 Å². The highest BCUT2D eigenvalue weighted by molar-refractivity contribution is 9.10. The van der Waals surface area contributed by atoms with Gasteiger partial charge in [0, 0.05) is 15.9 Å². The van der Waals surface area contributed by atoms with Crippen molar-refractivity contribution in [2.45, 2.75) is 26.8 Å². The Balaban J connectivity index is 2.34. The highest BCUT2D eigenvalue weighted by Crippen LogP contribution is 2.22. The molecule has 0 aliphatic rings. The van der Waals surface area contributed by atoms with Gasteiger partial charge in [-0.25, -0.2) is 4.79 Å². The third-order valence-corrected chi connectivity index (χ3v) is 4.64. The maximum absolute atomic E-state index is 11.6. The molecule has 7 heteroatoms. The molecule has 0 fully saturated rings. The van der Waals surface area contributed by atoms with E-state index in [-0.39, 0.29) is 18.5 Å². The number of rotatable bonds is 7. The number of hydrogen-bond donors (Lipinski definition) is 3. The highest BCUT2D eigenvalue weighted by atomic mass is 79.9. The Morgan fingerprint density at radius 2 is 2.10 bits per heavy atom. The molecule has 1 heterocycles. The molecule has 0 saturated carbocycles. The van der Waals surface area contributed by atoms with Crippen molar-refractivity contribution in [1.82, 2.24) is 10.6 Å². The predicted molar refractivity (Wildman–Crippen MR) is 82.8 cm³/mol. The standard InChI is InChI=1S/C13H19BrN2O3S/c1-8(2)5-9(12(17)18)6-15-13(19)16-7-11-10(14)3-4-20-11/h3-4,8-9H,5-7H2,1-2H3,(H,17,18)(H2,15,16,19). The summed E-state index contributed by atoms with van der Waals surface area (Å²) < 4.78 is 0.964. The van der Waals surface area contributed by atoms with Gasteiger partial charge in [0.25, 0.3) is 0 Å². The highest BCUT2D eigenvalue weighted by Gasteiger charge is 2.19. The molecule has 20 heavy (non-hydrogen) atoms. The third-order valence-electron chi connectivity index (χ3n) is 2.71. The summed E-state index contributed by atoms with van der Waals surface area (Å²) in [5.41, 5.74) is 0. The van der Waals surface area contributed by atoms with Gasteiger partial charge in [-0.3, -0.25) is 4.79 Å². The number of carbonyl (C=O) groups is 2. The van der Waals surface area contributed by atoms with Crippen LogP contribution in [0.25, 0.3) is 0 Å². The van der Waals surface area contributed by atoms with Crippen molar-refractivity contribution in [3.63, 3.8) is 0 Å². The van der Waals surface area contributed by atoms with Crippen LogP contribution in [-0.2, 0) is 11.3 Å². The predicted octanol–water partition coefficient (Wildman–Crippen LogP) is 3.06. The second-order valence-corrected chi connectivity index (χ2v) is 6.78. The molecule has 0 bridgehead atoms. The van der Waals surface area contributed by atoms with E-state index in [1.807, 2.05) is 25.3 Å². The van der Waals surface area contributed by atoms with E-state index in [1.165, 1.54) is 0 Å². The fraction of sp³-hybridized carbons (Fsp3) is 0.538. The molecule has 0 spiro atoms. The van der Waals surface area contributed by atoms with Gasteiger partial charge < -0.3 is 15.7 Å². The summed E-state index contributed by atoms with van der Waals surface area (Å²) in [6.07, 6.45) is 0.548. The number of carboxylic acids is 1. The number of halogens is 1. The van der Waals surface area contributed by atoms with Crippen LogP contribution < -0.4 is 10.6 Å². The van der Waals surface area contributed by atoms with E-state index >= 15 is 0 Å². The van der Waals surface area contributed by atoms with Crippen LogP contribution in [0.2, 0.25) is 0 Å². The normalized spacial score (nSPS) is 12.2. The summed E-state index contributed by atoms with van der Waals surface area (Å²) >= 11 is 4.93. The zero-order valence-electron chi connectivity index (χ0n) is 11.5. The Kier molecular flexibility index (Phi) is 7.01. The SMILES string of the molecule is CC(C)CC(CNC(=O)NCc1sccc1Br)C(=O)O. The Morgan fingerprint density at radius 1 is 1.40 bits per heavy atom. The van der Waals surface area contributed by atoms with Crippen molar-refractivity contribution in [3.8, 4) is 0 Å². The van der Waals surface area contributed by atoms with Crippen LogP contribution in [0.15, 0.2) is 15.9 Å². The Labute approximate surface area is 130 Å². The van der Waals surface area contributed by atoms with E-state index in [0.29, 0.717) is 13.0 Å². The molecular weight excluding hydrogens is 344 g/mol. The number of carbonyl (C=O) groups excluding carboxylic acids is 1. The van der Waals surface area contributed by atoms with Crippen molar-refractivity contribution >= 4 is 39.3 Å². The molecule has 1 aromatic heterocycles. The number of carboxylic acid groups (broad SMARTS) is 1. The molecule has 0 radical (unpaired) electrons. The minimum Gasteiger partial charge on any atom is -0.481 e. The monoisotopic (exact) mass is 362 g/mol. The van der Waals surface area contributed by atoms with Crippen molar-refractivity contribution in [2.24, 2.45) is 11.8 Å². The number of amides is 2. The Hall–Kier alpha value is -1.08. The molecule has 2 amide bonds. The molecular formula is C13H19BrN2O3S. The molecule has 0 aliphatic heterocycles. The number of aliphatic carboxylic acids is 1. The molecule has 1 aromatic rings. The average Bonchev–Trinajstić information content (AvgIpc) is 2.76. The largest absolute Gasteiger partial charge is 0.481 e. The molecule has 0 aromatic carbocycles. The quantitative estimate of drug-likeness (QED) is 0.697. The Morgan fingerprint density at radius 3 is 2.60 bits per heavy atom. The zero-order chi connectivity index (χ0) is 15.1. The van der Waals surface area contributed by atoms with Crippen LogP contribution in [0.3, 0.4) is 0 Å². The van der Waals surface area contributed by atoms with Gasteiger partial charge in [0.15, 0.2) is 0 Å². The minimum absolute atomic E-state index is 0.144. The number of nitrogens with one attached hydrogen (secondary N) is 2. The fourth-order valence-corrected chi connectivity index (χ4v) is 3.16. The van der Waals surface area contributed by atoms with Crippen molar-refractivity contribution in [3.05, 3.63) is 20.8 Å². The van der Waals surface area contributed by atoms with E-state index in [2.05, 4.69) is 26.6 Å². The first-order chi connectivity index (χ1) is 9.40. The first-order valence-corrected chi connectivity index (χ1v) is 8.03. The first kappa shape index (κ1) is 17.0. The lowest BCUT2D eigenvalue weighted by Crippen LogP contribution is -2.39. The number of thiophene rings is 1. The summed E-state index contributed by atoms with van der Waals surface area (Å²) in [4.78, 5) is 23.7. The van der Waals surface area contributed by atoms with Gasteiger partial charge in [0.2, 0.25) is 0 Å². The minimum atomic E-state index is -0.875.